The molecule has 1 amide bonds. The molecule has 0 atom stereocenters. The summed E-state index contributed by atoms with van der Waals surface area (Å²) in [5.74, 6) is 4.07. The van der Waals surface area contributed by atoms with Gasteiger partial charge in [0, 0.05) is 5.56 Å². The van der Waals surface area contributed by atoms with E-state index in [1.165, 1.54) is 36.1 Å². The Kier molecular flexibility index (Phi) is 5.11. The molecule has 1 aromatic rings. The molecule has 0 unspecified atom stereocenters. The highest BCUT2D eigenvalue weighted by Gasteiger charge is 2.18. The number of hydrazine groups is 1. The van der Waals surface area contributed by atoms with E-state index in [0.29, 0.717) is 11.5 Å². The highest BCUT2D eigenvalue weighted by Crippen LogP contribution is 2.33. The molecular weight excluding hydrogens is 306 g/mol. The van der Waals surface area contributed by atoms with E-state index in [1.54, 1.807) is 16.9 Å². The van der Waals surface area contributed by atoms with Gasteiger partial charge in [-0.3, -0.25) is 21.4 Å². The Balaban J connectivity index is 1.96. The van der Waals surface area contributed by atoms with E-state index in [-0.39, 0.29) is 0 Å². The second kappa shape index (κ2) is 6.86. The lowest BCUT2D eigenvalue weighted by Crippen LogP contribution is -2.49. The molecule has 0 aromatic heterocycles. The molecule has 22 heavy (non-hydrogen) atoms. The predicted molar refractivity (Wildman–Crippen MR) is 82.2 cm³/mol. The molecule has 1 aromatic carbocycles. The van der Waals surface area contributed by atoms with Gasteiger partial charge in [0.05, 0.1) is 0 Å². The smallest absolute Gasteiger partial charge is 0.292 e. The average Bonchev–Trinajstić information content (AvgIpc) is 3.01. The number of rotatable bonds is 4. The molecule has 2 rings (SSSR count). The Morgan fingerprint density at radius 1 is 1.18 bits per heavy atom. The van der Waals surface area contributed by atoms with Gasteiger partial charge in [-0.25, -0.2) is 4.72 Å². The second-order valence-electron chi connectivity index (χ2n) is 5.16. The van der Waals surface area contributed by atoms with Crippen LogP contribution in [0.5, 0.6) is 0 Å². The van der Waals surface area contributed by atoms with E-state index in [1.807, 2.05) is 12.1 Å². The maximum atomic E-state index is 11.9. The fraction of sp³-hybridized carbons (Fsp3) is 0.385. The van der Waals surface area contributed by atoms with Gasteiger partial charge >= 0.3 is 10.2 Å². The number of carbonyl (C=O) groups is 1. The number of guanidine groups is 1. The van der Waals surface area contributed by atoms with Crippen molar-refractivity contribution in [2.75, 3.05) is 0 Å². The largest absolute Gasteiger partial charge is 0.314 e. The van der Waals surface area contributed by atoms with Gasteiger partial charge in [-0.05, 0) is 36.5 Å². The van der Waals surface area contributed by atoms with Crippen LogP contribution in [0.1, 0.15) is 47.5 Å². The van der Waals surface area contributed by atoms with Crippen LogP contribution in [0.3, 0.4) is 0 Å². The van der Waals surface area contributed by atoms with Crippen LogP contribution < -0.4 is 20.7 Å². The maximum Gasteiger partial charge on any atom is 0.314 e. The first-order valence-corrected chi connectivity index (χ1v) is 8.39. The molecule has 8 nitrogen and oxygen atoms in total. The summed E-state index contributed by atoms with van der Waals surface area (Å²) in [6.45, 7) is 0. The Morgan fingerprint density at radius 2 is 1.77 bits per heavy atom. The normalized spacial score (nSPS) is 15.5. The summed E-state index contributed by atoms with van der Waals surface area (Å²) in [5.41, 5.74) is 1.56. The third-order valence-corrected chi connectivity index (χ3v) is 4.41. The van der Waals surface area contributed by atoms with Crippen LogP contribution >= 0.6 is 0 Å². The number of amides is 1. The monoisotopic (exact) mass is 325 g/mol. The van der Waals surface area contributed by atoms with Gasteiger partial charge < -0.3 is 0 Å². The van der Waals surface area contributed by atoms with Crippen molar-refractivity contribution in [2.45, 2.75) is 31.6 Å². The lowest BCUT2D eigenvalue weighted by Gasteiger charge is -2.11. The Morgan fingerprint density at radius 3 is 2.32 bits per heavy atom. The fourth-order valence-corrected chi connectivity index (χ4v) is 2.92. The van der Waals surface area contributed by atoms with Crippen LogP contribution in [0.15, 0.2) is 24.3 Å². The molecule has 0 spiro atoms. The number of nitrogens with two attached hydrogens (primary N) is 1. The zero-order valence-electron chi connectivity index (χ0n) is 11.9. The molecule has 1 fully saturated rings. The van der Waals surface area contributed by atoms with Crippen LogP contribution in [0.2, 0.25) is 0 Å². The van der Waals surface area contributed by atoms with Gasteiger partial charge in [-0.2, -0.15) is 8.42 Å². The van der Waals surface area contributed by atoms with Gasteiger partial charge in [-0.1, -0.05) is 25.0 Å². The van der Waals surface area contributed by atoms with E-state index in [2.05, 4.69) is 5.32 Å². The lowest BCUT2D eigenvalue weighted by atomic mass is 9.96. The Bertz CT molecular complexity index is 651. The van der Waals surface area contributed by atoms with Gasteiger partial charge in [-0.15, -0.1) is 4.83 Å². The number of nitrogens with one attached hydrogen (secondary N) is 4. The standard InChI is InChI=1S/C13H19N5O3S/c14-13(17-22(20,21)18-15)16-12(19)11-7-5-10(6-8-11)9-3-1-2-4-9/h5-9,18H,1-4,15H2,(H3,14,16,17,19). The minimum Gasteiger partial charge on any atom is -0.292 e. The molecule has 0 radical (unpaired) electrons. The second-order valence-corrected chi connectivity index (χ2v) is 6.60. The molecule has 0 bridgehead atoms. The van der Waals surface area contributed by atoms with E-state index in [0.717, 1.165) is 0 Å². The van der Waals surface area contributed by atoms with E-state index >= 15 is 0 Å². The summed E-state index contributed by atoms with van der Waals surface area (Å²) >= 11 is 0. The molecule has 1 aliphatic rings. The van der Waals surface area contributed by atoms with Gasteiger partial charge in [0.2, 0.25) is 5.96 Å². The molecule has 120 valence electrons. The van der Waals surface area contributed by atoms with Gasteiger partial charge in [0.15, 0.2) is 0 Å². The SMILES string of the molecule is N=C(NC(=O)c1ccc(C2CCCC2)cc1)NS(=O)(=O)NN. The van der Waals surface area contributed by atoms with Crippen LogP contribution in [0.4, 0.5) is 0 Å². The summed E-state index contributed by atoms with van der Waals surface area (Å²) in [5, 5.41) is 9.52. The van der Waals surface area contributed by atoms with Gasteiger partial charge in [0.25, 0.3) is 5.91 Å². The lowest BCUT2D eigenvalue weighted by molar-refractivity contribution is 0.0976. The van der Waals surface area contributed by atoms with Crippen molar-refractivity contribution in [3.8, 4) is 0 Å². The molecular formula is C13H19N5O3S. The van der Waals surface area contributed by atoms with Crippen molar-refractivity contribution in [3.05, 3.63) is 35.4 Å². The van der Waals surface area contributed by atoms with Crippen LogP contribution in [0, 0.1) is 5.41 Å². The number of hydrogen-bond donors (Lipinski definition) is 5. The number of benzene rings is 1. The molecule has 0 heterocycles. The molecule has 1 aliphatic carbocycles. The summed E-state index contributed by atoms with van der Waals surface area (Å²) < 4.78 is 23.9. The first kappa shape index (κ1) is 16.4. The van der Waals surface area contributed by atoms with Crippen LogP contribution in [0.25, 0.3) is 0 Å². The Labute approximate surface area is 129 Å². The van der Waals surface area contributed by atoms with Crippen molar-refractivity contribution in [3.63, 3.8) is 0 Å². The third-order valence-electron chi connectivity index (χ3n) is 3.63. The molecule has 0 aliphatic heterocycles. The van der Waals surface area contributed by atoms with Crippen molar-refractivity contribution in [2.24, 2.45) is 5.84 Å². The zero-order valence-corrected chi connectivity index (χ0v) is 12.7. The molecule has 0 saturated heterocycles. The Hall–Kier alpha value is -1.97. The van der Waals surface area contributed by atoms with Crippen LogP contribution in [-0.4, -0.2) is 20.3 Å². The fourth-order valence-electron chi connectivity index (χ4n) is 2.54. The zero-order chi connectivity index (χ0) is 16.2. The van der Waals surface area contributed by atoms with E-state index in [9.17, 15) is 13.2 Å². The average molecular weight is 325 g/mol. The van der Waals surface area contributed by atoms with Crippen molar-refractivity contribution >= 4 is 22.1 Å². The van der Waals surface area contributed by atoms with E-state index < -0.39 is 22.1 Å². The summed E-state index contributed by atoms with van der Waals surface area (Å²) in [7, 11) is -4.03. The molecule has 6 N–H and O–H groups in total. The first-order chi connectivity index (χ1) is 10.4. The first-order valence-electron chi connectivity index (χ1n) is 6.91. The summed E-state index contributed by atoms with van der Waals surface area (Å²) in [6, 6.07) is 7.15. The highest BCUT2D eigenvalue weighted by molar-refractivity contribution is 7.88. The predicted octanol–water partition coefficient (Wildman–Crippen LogP) is 0.306. The van der Waals surface area contributed by atoms with Gasteiger partial charge in [0.1, 0.15) is 0 Å². The molecule has 9 heteroatoms. The third kappa shape index (κ3) is 4.26. The quantitative estimate of drug-likeness (QED) is 0.235. The minimum absolute atomic E-state index is 0.353. The summed E-state index contributed by atoms with van der Waals surface area (Å²) in [4.78, 5) is 13.4. The maximum absolute atomic E-state index is 11.9. The summed E-state index contributed by atoms with van der Waals surface area (Å²) in [6.07, 6.45) is 4.81. The topological polar surface area (TPSA) is 137 Å². The minimum atomic E-state index is -4.03. The van der Waals surface area contributed by atoms with Crippen molar-refractivity contribution < 1.29 is 13.2 Å². The van der Waals surface area contributed by atoms with Crippen LogP contribution in [-0.2, 0) is 10.2 Å². The van der Waals surface area contributed by atoms with Crippen molar-refractivity contribution in [1.29, 1.82) is 5.41 Å². The molecule has 1 saturated carbocycles. The van der Waals surface area contributed by atoms with E-state index in [4.69, 9.17) is 11.3 Å². The van der Waals surface area contributed by atoms with Crippen molar-refractivity contribution in [1.82, 2.24) is 14.9 Å². The number of hydrogen-bond acceptors (Lipinski definition) is 5. The number of carbonyl (C=O) groups excluding carboxylic acids is 1. The highest BCUT2D eigenvalue weighted by atomic mass is 32.2.